The lowest BCUT2D eigenvalue weighted by molar-refractivity contribution is 0.275. The molecule has 0 unspecified atom stereocenters. The summed E-state index contributed by atoms with van der Waals surface area (Å²) in [4.78, 5) is 48.6. The summed E-state index contributed by atoms with van der Waals surface area (Å²) in [6, 6.07) is 15.9. The fraction of sp³-hybridized carbons (Fsp3) is 0.107. The minimum absolute atomic E-state index is 0.0211. The number of fused-ring (bicyclic) bond motifs is 2. The first-order valence-corrected chi connectivity index (χ1v) is 14.8. The van der Waals surface area contributed by atoms with Crippen molar-refractivity contribution in [1.29, 1.82) is 0 Å². The highest BCUT2D eigenvalue weighted by atomic mass is 35.5. The van der Waals surface area contributed by atoms with Crippen LogP contribution in [0, 0.1) is 11.6 Å². The molecule has 0 aliphatic carbocycles. The number of hydrogen-bond acceptors (Lipinski definition) is 8. The summed E-state index contributed by atoms with van der Waals surface area (Å²) in [5, 5.41) is 5.37. The number of nitrogens with zero attached hydrogens (tertiary/aromatic N) is 6. The molecule has 3 heterocycles. The summed E-state index contributed by atoms with van der Waals surface area (Å²) in [5.41, 5.74) is 6.87. The first-order valence-electron chi connectivity index (χ1n) is 12.9. The zero-order chi connectivity index (χ0) is 32.6. The van der Waals surface area contributed by atoms with E-state index in [1.807, 2.05) is 6.07 Å². The monoisotopic (exact) mass is 657 g/mol. The zero-order valence-electron chi connectivity index (χ0n) is 23.3. The molecule has 0 fully saturated rings. The summed E-state index contributed by atoms with van der Waals surface area (Å²) in [5.74, 6) is -2.26. The number of phosphoric acid groups is 1. The van der Waals surface area contributed by atoms with Gasteiger partial charge in [-0.15, -0.1) is 0 Å². The molecule has 0 amide bonds. The Kier molecular flexibility index (Phi) is 8.65. The Hall–Kier alpha value is -4.79. The van der Waals surface area contributed by atoms with Crippen molar-refractivity contribution < 1.29 is 32.8 Å². The normalized spacial score (nSPS) is 12.2. The standard InChI is InChI=1S/C28H20ClF2N7O2.H3O4P/c1-14(26-35-18-10-6-9-17(29)20(18)28(39)37(26)15-7-4-3-5-8-15)38-27-21(25(32)33-13-34-27)24(36-38)16-11-12-19(40-2)23(31)22(16)30;1-5(2,3)4/h3-14H,1-2H3,(H2,32,33,34);(H3,1,2,3,4)/t14-;/m0./s1. The number of methoxy groups -OCH3 is 1. The van der Waals surface area contributed by atoms with Gasteiger partial charge in [0.1, 0.15) is 29.7 Å². The average molecular weight is 658 g/mol. The van der Waals surface area contributed by atoms with E-state index in [1.165, 1.54) is 34.8 Å². The molecular weight excluding hydrogens is 635 g/mol. The van der Waals surface area contributed by atoms with Gasteiger partial charge in [-0.1, -0.05) is 35.9 Å². The fourth-order valence-electron chi connectivity index (χ4n) is 4.75. The van der Waals surface area contributed by atoms with Crippen LogP contribution in [0.1, 0.15) is 18.8 Å². The summed E-state index contributed by atoms with van der Waals surface area (Å²) in [7, 11) is -3.40. The highest BCUT2D eigenvalue weighted by Crippen LogP contribution is 2.37. The molecule has 0 radical (unpaired) electrons. The van der Waals surface area contributed by atoms with Gasteiger partial charge in [0.25, 0.3) is 5.56 Å². The van der Waals surface area contributed by atoms with E-state index in [1.54, 1.807) is 49.4 Å². The molecule has 0 aliphatic heterocycles. The van der Waals surface area contributed by atoms with Crippen molar-refractivity contribution >= 4 is 47.2 Å². The Morgan fingerprint density at radius 2 is 1.67 bits per heavy atom. The van der Waals surface area contributed by atoms with Gasteiger partial charge in [-0.3, -0.25) is 9.36 Å². The molecule has 0 bridgehead atoms. The molecule has 0 aliphatic rings. The van der Waals surface area contributed by atoms with E-state index in [9.17, 15) is 9.18 Å². The van der Waals surface area contributed by atoms with Crippen LogP contribution in [0.2, 0.25) is 5.02 Å². The SMILES string of the molecule is COc1ccc(-c2nn([C@@H](C)c3nc4cccc(Cl)c4c(=O)n3-c3ccccc3)c3ncnc(N)c23)c(F)c1F.O=P(O)(O)O. The number of hydrogen-bond donors (Lipinski definition) is 4. The van der Waals surface area contributed by atoms with Crippen molar-refractivity contribution in [3.63, 3.8) is 0 Å². The fourth-order valence-corrected chi connectivity index (χ4v) is 5.00. The number of aromatic nitrogens is 6. The van der Waals surface area contributed by atoms with Gasteiger partial charge in [-0.2, -0.15) is 9.49 Å². The van der Waals surface area contributed by atoms with Gasteiger partial charge in [-0.05, 0) is 43.3 Å². The van der Waals surface area contributed by atoms with Crippen molar-refractivity contribution in [3.05, 3.63) is 99.8 Å². The highest BCUT2D eigenvalue weighted by molar-refractivity contribution is 7.45. The van der Waals surface area contributed by atoms with Crippen LogP contribution in [0.25, 0.3) is 38.9 Å². The number of anilines is 1. The van der Waals surface area contributed by atoms with Crippen LogP contribution in [-0.4, -0.2) is 51.1 Å². The lowest BCUT2D eigenvalue weighted by atomic mass is 10.1. The van der Waals surface area contributed by atoms with Crippen molar-refractivity contribution in [2.24, 2.45) is 0 Å². The first-order chi connectivity index (χ1) is 21.3. The predicted octanol–water partition coefficient (Wildman–Crippen LogP) is 4.40. The second kappa shape index (κ2) is 12.3. The molecule has 0 saturated heterocycles. The molecule has 0 spiro atoms. The number of halogens is 3. The van der Waals surface area contributed by atoms with Crippen molar-refractivity contribution in [2.45, 2.75) is 13.0 Å². The molecule has 6 aromatic rings. The van der Waals surface area contributed by atoms with Crippen LogP contribution >= 0.6 is 19.4 Å². The van der Waals surface area contributed by atoms with Crippen LogP contribution in [-0.2, 0) is 4.57 Å². The van der Waals surface area contributed by atoms with Crippen molar-refractivity contribution in [1.82, 2.24) is 29.3 Å². The second-order valence-electron chi connectivity index (χ2n) is 9.46. The van der Waals surface area contributed by atoms with Crippen LogP contribution < -0.4 is 16.0 Å². The van der Waals surface area contributed by atoms with Gasteiger partial charge in [0.15, 0.2) is 17.2 Å². The largest absolute Gasteiger partial charge is 0.494 e. The highest BCUT2D eigenvalue weighted by Gasteiger charge is 2.28. The third-order valence-electron chi connectivity index (χ3n) is 6.67. The van der Waals surface area contributed by atoms with Crippen LogP contribution in [0.5, 0.6) is 5.75 Å². The smallest absolute Gasteiger partial charge is 0.466 e. The Balaban J connectivity index is 0.000000743. The number of benzene rings is 3. The number of nitrogens with two attached hydrogens (primary N) is 1. The van der Waals surface area contributed by atoms with Gasteiger partial charge in [0, 0.05) is 5.56 Å². The van der Waals surface area contributed by atoms with E-state index < -0.39 is 25.5 Å². The van der Waals surface area contributed by atoms with Gasteiger partial charge in [0.05, 0.1) is 34.1 Å². The van der Waals surface area contributed by atoms with E-state index in [0.717, 1.165) is 0 Å². The number of rotatable bonds is 5. The summed E-state index contributed by atoms with van der Waals surface area (Å²) < 4.78 is 46.6. The molecule has 3 aromatic carbocycles. The van der Waals surface area contributed by atoms with E-state index in [4.69, 9.17) is 46.3 Å². The summed E-state index contributed by atoms with van der Waals surface area (Å²) >= 11 is 6.41. The Bertz CT molecular complexity index is 2170. The topological polar surface area (TPSA) is 191 Å². The zero-order valence-corrected chi connectivity index (χ0v) is 25.0. The molecule has 45 heavy (non-hydrogen) atoms. The molecule has 6 rings (SSSR count). The molecule has 1 atom stereocenters. The number of nitrogen functional groups attached to an aromatic ring is 1. The Morgan fingerprint density at radius 3 is 2.33 bits per heavy atom. The third-order valence-corrected chi connectivity index (χ3v) is 6.98. The molecule has 13 nitrogen and oxygen atoms in total. The van der Waals surface area contributed by atoms with E-state index in [2.05, 4.69) is 15.1 Å². The molecular formula is C28H23ClF2N7O6P. The maximum absolute atomic E-state index is 15.2. The van der Waals surface area contributed by atoms with Gasteiger partial charge < -0.3 is 25.2 Å². The Labute approximate surface area is 257 Å². The third kappa shape index (κ3) is 6.12. The lowest BCUT2D eigenvalue weighted by Crippen LogP contribution is -2.27. The van der Waals surface area contributed by atoms with Gasteiger partial charge in [0.2, 0.25) is 5.82 Å². The molecule has 3 aromatic heterocycles. The molecule has 0 saturated carbocycles. The average Bonchev–Trinajstić information content (AvgIpc) is 3.38. The van der Waals surface area contributed by atoms with Crippen LogP contribution in [0.3, 0.4) is 0 Å². The maximum Gasteiger partial charge on any atom is 0.466 e. The van der Waals surface area contributed by atoms with Gasteiger partial charge in [-0.25, -0.2) is 28.6 Å². The molecule has 5 N–H and O–H groups in total. The lowest BCUT2D eigenvalue weighted by Gasteiger charge is -2.19. The minimum atomic E-state index is -4.64. The van der Waals surface area contributed by atoms with Crippen LogP contribution in [0.4, 0.5) is 14.6 Å². The quantitative estimate of drug-likeness (QED) is 0.192. The predicted molar refractivity (Wildman–Crippen MR) is 162 cm³/mol. The Morgan fingerprint density at radius 1 is 0.978 bits per heavy atom. The molecule has 232 valence electrons. The van der Waals surface area contributed by atoms with Gasteiger partial charge >= 0.3 is 7.82 Å². The number of ether oxygens (including phenoxy) is 1. The van der Waals surface area contributed by atoms with E-state index in [0.29, 0.717) is 17.0 Å². The first kappa shape index (κ1) is 31.6. The van der Waals surface area contributed by atoms with E-state index >= 15 is 4.39 Å². The minimum Gasteiger partial charge on any atom is -0.494 e. The van der Waals surface area contributed by atoms with Crippen LogP contribution in [0.15, 0.2) is 71.8 Å². The molecule has 17 heteroatoms. The summed E-state index contributed by atoms with van der Waals surface area (Å²) in [6.07, 6.45) is 1.25. The van der Waals surface area contributed by atoms with Crippen molar-refractivity contribution in [3.8, 4) is 22.7 Å². The second-order valence-corrected chi connectivity index (χ2v) is 10.9. The van der Waals surface area contributed by atoms with Crippen molar-refractivity contribution in [2.75, 3.05) is 12.8 Å². The number of para-hydroxylation sites is 1. The maximum atomic E-state index is 15.2. The summed E-state index contributed by atoms with van der Waals surface area (Å²) in [6.45, 7) is 1.76. The van der Waals surface area contributed by atoms with E-state index in [-0.39, 0.29) is 49.8 Å².